The second-order valence-electron chi connectivity index (χ2n) is 6.96. The van der Waals surface area contributed by atoms with Gasteiger partial charge >= 0.3 is 0 Å². The molecule has 1 aromatic carbocycles. The zero-order chi connectivity index (χ0) is 18.1. The topological polar surface area (TPSA) is 79.4 Å². The van der Waals surface area contributed by atoms with Gasteiger partial charge in [0, 0.05) is 30.7 Å². The molecule has 0 unspecified atom stereocenters. The van der Waals surface area contributed by atoms with Gasteiger partial charge in [0.25, 0.3) is 5.91 Å². The molecule has 0 radical (unpaired) electrons. The van der Waals surface area contributed by atoms with Crippen LogP contribution in [0, 0.1) is 0 Å². The Balaban J connectivity index is 1.58. The molecule has 138 valence electrons. The van der Waals surface area contributed by atoms with E-state index in [1.807, 2.05) is 24.3 Å². The Morgan fingerprint density at radius 2 is 1.96 bits per heavy atom. The second-order valence-corrected chi connectivity index (χ2v) is 9.05. The first-order valence-electron chi connectivity index (χ1n) is 9.23. The second kappa shape index (κ2) is 6.96. The van der Waals surface area contributed by atoms with E-state index in [1.165, 1.54) is 4.31 Å². The number of aryl methyl sites for hydroxylation is 1. The Labute approximate surface area is 153 Å². The number of aromatic nitrogens is 1. The number of rotatable bonds is 4. The monoisotopic (exact) mass is 373 g/mol. The van der Waals surface area contributed by atoms with Crippen molar-refractivity contribution in [1.82, 2.24) is 14.6 Å². The van der Waals surface area contributed by atoms with Gasteiger partial charge < -0.3 is 5.32 Å². The summed E-state index contributed by atoms with van der Waals surface area (Å²) in [6, 6.07) is 7.74. The average Bonchev–Trinajstić information content (AvgIpc) is 2.97. The van der Waals surface area contributed by atoms with E-state index in [1.54, 1.807) is 0 Å². The molecular weight excluding hydrogens is 350 g/mol. The molecule has 26 heavy (non-hydrogen) atoms. The van der Waals surface area contributed by atoms with Crippen LogP contribution in [0.4, 0.5) is 0 Å². The molecule has 7 heteroatoms. The fourth-order valence-corrected chi connectivity index (χ4v) is 5.49. The SMILES string of the molecule is O=C(NCCN1CCCS1(=O)=O)c1c2c(nc3ccccc13)CCCC2. The van der Waals surface area contributed by atoms with E-state index < -0.39 is 10.0 Å². The van der Waals surface area contributed by atoms with Crippen molar-refractivity contribution >= 4 is 26.8 Å². The third-order valence-electron chi connectivity index (χ3n) is 5.25. The molecule has 1 aromatic heterocycles. The first-order chi connectivity index (χ1) is 12.6. The molecule has 1 aliphatic carbocycles. The van der Waals surface area contributed by atoms with Gasteiger partial charge in [0.15, 0.2) is 0 Å². The lowest BCUT2D eigenvalue weighted by molar-refractivity contribution is 0.0952. The zero-order valence-corrected chi connectivity index (χ0v) is 15.5. The fraction of sp³-hybridized carbons (Fsp3) is 0.474. The lowest BCUT2D eigenvalue weighted by Crippen LogP contribution is -2.36. The summed E-state index contributed by atoms with van der Waals surface area (Å²) in [7, 11) is -3.13. The number of para-hydroxylation sites is 1. The number of pyridine rings is 1. The van der Waals surface area contributed by atoms with Gasteiger partial charge in [-0.3, -0.25) is 9.78 Å². The Bertz CT molecular complexity index is 956. The molecule has 0 spiro atoms. The molecule has 1 saturated heterocycles. The van der Waals surface area contributed by atoms with E-state index in [9.17, 15) is 13.2 Å². The van der Waals surface area contributed by atoms with E-state index in [0.717, 1.165) is 53.4 Å². The number of nitrogens with one attached hydrogen (secondary N) is 1. The van der Waals surface area contributed by atoms with Crippen molar-refractivity contribution < 1.29 is 13.2 Å². The minimum Gasteiger partial charge on any atom is -0.351 e. The summed E-state index contributed by atoms with van der Waals surface area (Å²) in [6.07, 6.45) is 4.62. The molecule has 0 atom stereocenters. The zero-order valence-electron chi connectivity index (χ0n) is 14.7. The molecule has 0 saturated carbocycles. The summed E-state index contributed by atoms with van der Waals surface area (Å²) >= 11 is 0. The lowest BCUT2D eigenvalue weighted by Gasteiger charge is -2.21. The number of sulfonamides is 1. The average molecular weight is 373 g/mol. The minimum absolute atomic E-state index is 0.127. The molecule has 4 rings (SSSR count). The molecule has 1 fully saturated rings. The smallest absolute Gasteiger partial charge is 0.252 e. The van der Waals surface area contributed by atoms with Crippen LogP contribution in [0.3, 0.4) is 0 Å². The van der Waals surface area contributed by atoms with Gasteiger partial charge in [-0.05, 0) is 43.7 Å². The van der Waals surface area contributed by atoms with Crippen molar-refractivity contribution in [2.24, 2.45) is 0 Å². The maximum Gasteiger partial charge on any atom is 0.252 e. The summed E-state index contributed by atoms with van der Waals surface area (Å²) < 4.78 is 25.2. The number of hydrogen-bond donors (Lipinski definition) is 1. The van der Waals surface area contributed by atoms with Gasteiger partial charge in [-0.2, -0.15) is 0 Å². The Kier molecular flexibility index (Phi) is 4.67. The highest BCUT2D eigenvalue weighted by molar-refractivity contribution is 7.89. The van der Waals surface area contributed by atoms with Crippen molar-refractivity contribution in [1.29, 1.82) is 0 Å². The molecule has 2 heterocycles. The summed E-state index contributed by atoms with van der Waals surface area (Å²) in [4.78, 5) is 17.7. The molecular formula is C19H23N3O3S. The quantitative estimate of drug-likeness (QED) is 0.887. The molecule has 1 amide bonds. The highest BCUT2D eigenvalue weighted by Crippen LogP contribution is 2.29. The Morgan fingerprint density at radius 1 is 1.15 bits per heavy atom. The van der Waals surface area contributed by atoms with Crippen molar-refractivity contribution in [3.63, 3.8) is 0 Å². The number of carbonyl (C=O) groups excluding carboxylic acids is 1. The molecule has 0 bridgehead atoms. The van der Waals surface area contributed by atoms with Crippen LogP contribution >= 0.6 is 0 Å². The van der Waals surface area contributed by atoms with Gasteiger partial charge in [0.2, 0.25) is 10.0 Å². The molecule has 6 nitrogen and oxygen atoms in total. The first kappa shape index (κ1) is 17.4. The van der Waals surface area contributed by atoms with Crippen molar-refractivity contribution in [2.75, 3.05) is 25.4 Å². The predicted octanol–water partition coefficient (Wildman–Crippen LogP) is 1.88. The van der Waals surface area contributed by atoms with Crippen LogP contribution in [0.2, 0.25) is 0 Å². The molecule has 2 aromatic rings. The third kappa shape index (κ3) is 3.21. The van der Waals surface area contributed by atoms with E-state index in [0.29, 0.717) is 26.1 Å². The van der Waals surface area contributed by atoms with Crippen molar-refractivity contribution in [3.05, 3.63) is 41.1 Å². The maximum atomic E-state index is 13.0. The van der Waals surface area contributed by atoms with Crippen molar-refractivity contribution in [2.45, 2.75) is 32.1 Å². The molecule has 2 aliphatic rings. The van der Waals surface area contributed by atoms with Gasteiger partial charge in [-0.25, -0.2) is 12.7 Å². The van der Waals surface area contributed by atoms with Crippen LogP contribution in [-0.4, -0.2) is 49.0 Å². The highest BCUT2D eigenvalue weighted by atomic mass is 32.2. The van der Waals surface area contributed by atoms with Crippen LogP contribution in [0.15, 0.2) is 24.3 Å². The van der Waals surface area contributed by atoms with Crippen LogP contribution in [0.25, 0.3) is 10.9 Å². The number of carbonyl (C=O) groups is 1. The Morgan fingerprint density at radius 3 is 2.77 bits per heavy atom. The van der Waals surface area contributed by atoms with Crippen LogP contribution in [0.5, 0.6) is 0 Å². The van der Waals surface area contributed by atoms with Gasteiger partial charge in [0.05, 0.1) is 16.8 Å². The number of benzene rings is 1. The van der Waals surface area contributed by atoms with Gasteiger partial charge in [-0.1, -0.05) is 18.2 Å². The number of fused-ring (bicyclic) bond motifs is 2. The normalized spacial score (nSPS) is 19.4. The minimum atomic E-state index is -3.13. The van der Waals surface area contributed by atoms with Gasteiger partial charge in [-0.15, -0.1) is 0 Å². The lowest BCUT2D eigenvalue weighted by atomic mass is 9.89. The van der Waals surface area contributed by atoms with E-state index in [-0.39, 0.29) is 11.7 Å². The number of amides is 1. The maximum absolute atomic E-state index is 13.0. The summed E-state index contributed by atoms with van der Waals surface area (Å²) in [5.41, 5.74) is 3.65. The summed E-state index contributed by atoms with van der Waals surface area (Å²) in [6.45, 7) is 1.20. The van der Waals surface area contributed by atoms with Crippen molar-refractivity contribution in [3.8, 4) is 0 Å². The van der Waals surface area contributed by atoms with E-state index in [2.05, 4.69) is 5.32 Å². The highest BCUT2D eigenvalue weighted by Gasteiger charge is 2.28. The standard InChI is InChI=1S/C19H23N3O3S/c23-19(20-10-12-22-11-5-13-26(22,24)25)18-14-6-1-3-8-16(14)21-17-9-4-2-7-15(17)18/h1,3,6,8H,2,4-5,7,9-13H2,(H,20,23). The number of nitrogens with zero attached hydrogens (tertiary/aromatic N) is 2. The van der Waals surface area contributed by atoms with Crippen LogP contribution < -0.4 is 5.32 Å². The first-order valence-corrected chi connectivity index (χ1v) is 10.8. The van der Waals surface area contributed by atoms with Crippen LogP contribution in [0.1, 0.15) is 40.9 Å². The molecule has 1 N–H and O–H groups in total. The fourth-order valence-electron chi connectivity index (χ4n) is 3.96. The van der Waals surface area contributed by atoms with Gasteiger partial charge in [0.1, 0.15) is 0 Å². The number of hydrogen-bond acceptors (Lipinski definition) is 4. The largest absolute Gasteiger partial charge is 0.351 e. The predicted molar refractivity (Wildman–Crippen MR) is 101 cm³/mol. The van der Waals surface area contributed by atoms with Crippen LogP contribution in [-0.2, 0) is 22.9 Å². The van der Waals surface area contributed by atoms with E-state index >= 15 is 0 Å². The third-order valence-corrected chi connectivity index (χ3v) is 7.20. The Hall–Kier alpha value is -1.99. The molecule has 1 aliphatic heterocycles. The van der Waals surface area contributed by atoms with E-state index in [4.69, 9.17) is 4.98 Å². The summed E-state index contributed by atoms with van der Waals surface area (Å²) in [5, 5.41) is 3.81. The summed E-state index contributed by atoms with van der Waals surface area (Å²) in [5.74, 6) is 0.0852.